The van der Waals surface area contributed by atoms with Crippen molar-refractivity contribution in [2.75, 3.05) is 13.1 Å². The number of likely N-dealkylation sites (N-methyl/N-ethyl adjacent to an activating group) is 1. The Bertz CT molecular complexity index is 917. The first-order valence-corrected chi connectivity index (χ1v) is 9.22. The number of alkyl halides is 17. The van der Waals surface area contributed by atoms with Crippen LogP contribution in [-0.4, -0.2) is 78.7 Å². The molecule has 0 unspecified atom stereocenters. The fraction of sp³-hybridized carbons (Fsp3) is 0.917. The van der Waals surface area contributed by atoms with Gasteiger partial charge in [0.25, 0.3) is 10.0 Å². The average molecular weight is 607 g/mol. The summed E-state index contributed by atoms with van der Waals surface area (Å²) in [5.41, 5.74) is 0. The summed E-state index contributed by atoms with van der Waals surface area (Å²) in [6.45, 7) is -3.69. The van der Waals surface area contributed by atoms with Crippen molar-refractivity contribution in [3.63, 3.8) is 0 Å². The third-order valence-electron chi connectivity index (χ3n) is 4.02. The second-order valence-corrected chi connectivity index (χ2v) is 8.24. The zero-order valence-electron chi connectivity index (χ0n) is 16.8. The number of carboxylic acids is 1. The molecule has 0 radical (unpaired) electrons. The quantitative estimate of drug-likeness (QED) is 0.251. The van der Waals surface area contributed by atoms with E-state index in [0.29, 0.717) is 6.92 Å². The molecule has 0 rings (SSSR count). The van der Waals surface area contributed by atoms with E-state index in [0.717, 1.165) is 0 Å². The molecule has 0 amide bonds. The number of carbonyl (C=O) groups excluding carboxylic acids is 1. The number of sulfonamides is 1. The molecule has 0 aromatic heterocycles. The van der Waals surface area contributed by atoms with Crippen molar-refractivity contribution < 1.29 is 123 Å². The third kappa shape index (κ3) is 4.97. The number of carboxylic acid groups (broad SMARTS) is 1. The Morgan fingerprint density at radius 3 is 1.17 bits per heavy atom. The summed E-state index contributed by atoms with van der Waals surface area (Å²) >= 11 is 0. The molecule has 0 saturated carbocycles. The number of hydrogen-bond donors (Lipinski definition) is 0. The summed E-state index contributed by atoms with van der Waals surface area (Å²) in [5, 5.41) is 2.51. The van der Waals surface area contributed by atoms with Crippen LogP contribution >= 0.6 is 0 Å². The summed E-state index contributed by atoms with van der Waals surface area (Å²) in [5.74, 6) is -55.0. The Balaban J connectivity index is 0. The maximum Gasteiger partial charge on any atom is 1.00 e. The molecule has 0 aromatic carbocycles. The maximum atomic E-state index is 13.8. The van der Waals surface area contributed by atoms with Gasteiger partial charge >= 0.3 is 76.5 Å². The van der Waals surface area contributed by atoms with Crippen LogP contribution in [0.1, 0.15) is 6.92 Å². The molecule has 0 aromatic rings. The molecule has 0 spiro atoms. The van der Waals surface area contributed by atoms with Crippen LogP contribution in [-0.2, 0) is 14.8 Å². The van der Waals surface area contributed by atoms with E-state index in [1.807, 2.05) is 0 Å². The molecule has 0 saturated heterocycles. The Morgan fingerprint density at radius 1 is 0.639 bits per heavy atom. The second kappa shape index (κ2) is 10.1. The maximum absolute atomic E-state index is 13.8. The molecule has 24 heteroatoms. The van der Waals surface area contributed by atoms with Crippen molar-refractivity contribution in [3.05, 3.63) is 0 Å². The number of halogens is 17. The number of hydrogen-bond acceptors (Lipinski definition) is 4. The average Bonchev–Trinajstić information content (AvgIpc) is 2.63. The van der Waals surface area contributed by atoms with Gasteiger partial charge in [0.1, 0.15) is 0 Å². The standard InChI is InChI=1S/C12H8F17NO4S.Na/c1-2-30(3-4(31)32)35(33,34)12(28,29)10(23,24)8(19,20)6(15,16)5(13,14)7(17,18)9(21,22)11(25,26)27;/h2-3H2,1H3,(H,31,32);/q;+1/p-1. The van der Waals surface area contributed by atoms with Gasteiger partial charge in [0.15, 0.2) is 0 Å². The van der Waals surface area contributed by atoms with Crippen LogP contribution in [0.2, 0.25) is 0 Å². The number of aliphatic carboxylic acids is 1. The first-order valence-electron chi connectivity index (χ1n) is 7.78. The van der Waals surface area contributed by atoms with Crippen molar-refractivity contribution in [2.24, 2.45) is 0 Å². The number of carbonyl (C=O) groups is 1. The van der Waals surface area contributed by atoms with Crippen LogP contribution in [0.25, 0.3) is 0 Å². The van der Waals surface area contributed by atoms with E-state index in [9.17, 15) is 93.0 Å². The summed E-state index contributed by atoms with van der Waals surface area (Å²) in [7, 11) is -7.62. The van der Waals surface area contributed by atoms with Gasteiger partial charge in [0.2, 0.25) is 0 Å². The predicted molar refractivity (Wildman–Crippen MR) is 71.9 cm³/mol. The minimum Gasteiger partial charge on any atom is -0.549 e. The van der Waals surface area contributed by atoms with Gasteiger partial charge < -0.3 is 9.90 Å². The molecule has 210 valence electrons. The predicted octanol–water partition coefficient (Wildman–Crippen LogP) is 0.359. The normalized spacial score (nSPS) is 15.6. The summed E-state index contributed by atoms with van der Waals surface area (Å²) < 4.78 is 245. The van der Waals surface area contributed by atoms with Gasteiger partial charge in [-0.05, 0) is 0 Å². The first-order chi connectivity index (χ1) is 14.9. The zero-order valence-corrected chi connectivity index (χ0v) is 19.6. The van der Waals surface area contributed by atoms with E-state index in [-0.39, 0.29) is 29.6 Å². The van der Waals surface area contributed by atoms with Crippen LogP contribution in [0.3, 0.4) is 0 Å². The molecular weight excluding hydrogens is 600 g/mol. The van der Waals surface area contributed by atoms with E-state index in [1.54, 1.807) is 0 Å². The van der Waals surface area contributed by atoms with Crippen LogP contribution in [0.4, 0.5) is 74.6 Å². The van der Waals surface area contributed by atoms with Gasteiger partial charge in [-0.25, -0.2) is 8.42 Å². The molecule has 0 fully saturated rings. The first kappa shape index (κ1) is 37.3. The molecule has 0 aliphatic rings. The minimum atomic E-state index is -8.95. The van der Waals surface area contributed by atoms with Crippen LogP contribution < -0.4 is 34.7 Å². The van der Waals surface area contributed by atoms with Gasteiger partial charge in [-0.1, -0.05) is 6.92 Å². The van der Waals surface area contributed by atoms with E-state index in [4.69, 9.17) is 0 Å². The van der Waals surface area contributed by atoms with Gasteiger partial charge in [-0.2, -0.15) is 78.9 Å². The van der Waals surface area contributed by atoms with Gasteiger partial charge in [-0.3, -0.25) is 0 Å². The Kier molecular flexibility index (Phi) is 10.4. The van der Waals surface area contributed by atoms with Crippen LogP contribution in [0, 0.1) is 0 Å². The van der Waals surface area contributed by atoms with Crippen molar-refractivity contribution >= 4 is 16.0 Å². The number of nitrogens with zero attached hydrogens (tertiary/aromatic N) is 1. The molecule has 0 aliphatic carbocycles. The van der Waals surface area contributed by atoms with Crippen LogP contribution in [0.5, 0.6) is 0 Å². The van der Waals surface area contributed by atoms with E-state index < -0.39 is 80.4 Å². The second-order valence-electron chi connectivity index (χ2n) is 6.26. The monoisotopic (exact) mass is 607 g/mol. The van der Waals surface area contributed by atoms with Crippen molar-refractivity contribution in [1.82, 2.24) is 4.31 Å². The largest absolute Gasteiger partial charge is 1.00 e. The summed E-state index contributed by atoms with van der Waals surface area (Å²) in [6, 6.07) is 0. The van der Waals surface area contributed by atoms with Crippen molar-refractivity contribution in [2.45, 2.75) is 53.9 Å². The van der Waals surface area contributed by atoms with Crippen molar-refractivity contribution in [3.8, 4) is 0 Å². The van der Waals surface area contributed by atoms with Gasteiger partial charge in [0.05, 0.1) is 12.5 Å². The Labute approximate surface area is 209 Å². The summed E-state index contributed by atoms with van der Waals surface area (Å²) in [6.07, 6.45) is -7.92. The molecule has 0 aliphatic heterocycles. The molecule has 5 nitrogen and oxygen atoms in total. The molecule has 0 bridgehead atoms. The van der Waals surface area contributed by atoms with E-state index in [1.165, 1.54) is 0 Å². The van der Waals surface area contributed by atoms with E-state index >= 15 is 0 Å². The summed E-state index contributed by atoms with van der Waals surface area (Å²) in [4.78, 5) is 10.3. The van der Waals surface area contributed by atoms with E-state index in [2.05, 4.69) is 0 Å². The number of rotatable bonds is 11. The smallest absolute Gasteiger partial charge is 0.549 e. The Hall–Kier alpha value is -0.810. The molecule has 0 atom stereocenters. The van der Waals surface area contributed by atoms with Gasteiger partial charge in [-0.15, -0.1) is 0 Å². The third-order valence-corrected chi connectivity index (χ3v) is 5.99. The van der Waals surface area contributed by atoms with Crippen molar-refractivity contribution in [1.29, 1.82) is 0 Å². The molecule has 0 N–H and O–H groups in total. The SMILES string of the molecule is CCN(CC(=O)[O-])S(=O)(=O)C(F)(F)C(F)(F)C(F)(F)C(F)(F)C(F)(F)C(F)(F)C(F)(F)C(F)(F)F.[Na+]. The topological polar surface area (TPSA) is 77.5 Å². The van der Waals surface area contributed by atoms with Crippen LogP contribution in [0.15, 0.2) is 0 Å². The fourth-order valence-corrected chi connectivity index (χ4v) is 3.38. The zero-order chi connectivity index (χ0) is 29.1. The minimum absolute atomic E-state index is 0. The Morgan fingerprint density at radius 2 is 0.917 bits per heavy atom. The molecule has 0 heterocycles. The van der Waals surface area contributed by atoms with Gasteiger partial charge in [0, 0.05) is 6.54 Å². The fourth-order valence-electron chi connectivity index (χ4n) is 1.98. The molecule has 36 heavy (non-hydrogen) atoms. The molecular formula is C12H7F17NNaO4S.